The number of rotatable bonds is 5. The minimum Gasteiger partial charge on any atom is -0.506 e. The smallest absolute Gasteiger partial charge is 0.258 e. The van der Waals surface area contributed by atoms with Crippen molar-refractivity contribution in [2.75, 3.05) is 17.3 Å². The number of aromatic amines is 2. The number of phenols is 1. The first-order valence-electron chi connectivity index (χ1n) is 12.7. The van der Waals surface area contributed by atoms with Crippen molar-refractivity contribution in [3.8, 4) is 5.75 Å². The third-order valence-corrected chi connectivity index (χ3v) is 9.30. The maximum absolute atomic E-state index is 13.8. The van der Waals surface area contributed by atoms with Crippen molar-refractivity contribution in [1.29, 1.82) is 0 Å². The average Bonchev–Trinajstić information content (AvgIpc) is 3.73. The number of aromatic hydroxyl groups is 1. The van der Waals surface area contributed by atoms with Crippen molar-refractivity contribution < 1.29 is 14.7 Å². The molecule has 1 amide bonds. The van der Waals surface area contributed by atoms with Crippen LogP contribution in [0.25, 0.3) is 31.9 Å². The van der Waals surface area contributed by atoms with Crippen LogP contribution in [0.2, 0.25) is 0 Å². The maximum atomic E-state index is 13.8. The van der Waals surface area contributed by atoms with Crippen LogP contribution in [0.1, 0.15) is 43.3 Å². The number of aromatic nitrogens is 2. The number of halogens is 1. The molecule has 7 rings (SSSR count). The Morgan fingerprint density at radius 3 is 2.74 bits per heavy atom. The Bertz CT molecular complexity index is 1950. The predicted molar refractivity (Wildman–Crippen MR) is 158 cm³/mol. The highest BCUT2D eigenvalue weighted by Gasteiger charge is 2.36. The van der Waals surface area contributed by atoms with Crippen LogP contribution in [0, 0.1) is 6.92 Å². The van der Waals surface area contributed by atoms with E-state index in [0.29, 0.717) is 29.2 Å². The van der Waals surface area contributed by atoms with E-state index in [0.717, 1.165) is 48.6 Å². The Morgan fingerprint density at radius 2 is 1.90 bits per heavy atom. The van der Waals surface area contributed by atoms with E-state index in [-0.39, 0.29) is 29.8 Å². The molecule has 0 saturated heterocycles. The molecule has 0 unspecified atom stereocenters. The van der Waals surface area contributed by atoms with Crippen LogP contribution in [0.5, 0.6) is 5.75 Å². The van der Waals surface area contributed by atoms with Gasteiger partial charge in [-0.2, -0.15) is 0 Å². The van der Waals surface area contributed by atoms with Gasteiger partial charge < -0.3 is 20.0 Å². The molecule has 0 radical (unpaired) electrons. The van der Waals surface area contributed by atoms with Crippen LogP contribution < -0.4 is 4.90 Å². The van der Waals surface area contributed by atoms with Gasteiger partial charge in [-0.3, -0.25) is 9.59 Å². The summed E-state index contributed by atoms with van der Waals surface area (Å²) >= 11 is 7.88. The number of nitrogens with one attached hydrogen (secondary N) is 2. The van der Waals surface area contributed by atoms with E-state index in [1.807, 2.05) is 61.1 Å². The molecular formula is C31H24ClN3O3S. The summed E-state index contributed by atoms with van der Waals surface area (Å²) in [5.41, 5.74) is 6.63. The molecular weight excluding hydrogens is 530 g/mol. The van der Waals surface area contributed by atoms with Gasteiger partial charge in [0, 0.05) is 76.2 Å². The van der Waals surface area contributed by atoms with Crippen LogP contribution in [-0.4, -0.2) is 39.2 Å². The van der Waals surface area contributed by atoms with Crippen molar-refractivity contribution in [3.05, 3.63) is 94.1 Å². The molecule has 194 valence electrons. The third-order valence-electron chi connectivity index (χ3n) is 7.80. The molecule has 0 fully saturated rings. The normalized spacial score (nSPS) is 15.0. The number of hydrogen-bond donors (Lipinski definition) is 3. The average molecular weight is 554 g/mol. The monoisotopic (exact) mass is 553 g/mol. The number of fused-ring (bicyclic) bond motifs is 5. The summed E-state index contributed by atoms with van der Waals surface area (Å²) in [7, 11) is 0. The van der Waals surface area contributed by atoms with E-state index in [1.54, 1.807) is 17.0 Å². The number of nitrogens with zero attached hydrogens (tertiary/aromatic N) is 1. The van der Waals surface area contributed by atoms with E-state index >= 15 is 0 Å². The number of carbonyl (C=O) groups is 2. The fourth-order valence-electron chi connectivity index (χ4n) is 5.85. The number of anilines is 1. The molecule has 3 N–H and O–H groups in total. The first-order valence-corrected chi connectivity index (χ1v) is 14.2. The third kappa shape index (κ3) is 3.76. The second-order valence-electron chi connectivity index (χ2n) is 10.2. The van der Waals surface area contributed by atoms with Gasteiger partial charge >= 0.3 is 0 Å². The van der Waals surface area contributed by atoms with Crippen molar-refractivity contribution in [2.45, 2.75) is 19.3 Å². The number of alkyl halides is 1. The standard InChI is InChI=1S/C31H24ClN3O3S/c1-16-15-39-30-27(37)11-25-29(28(16)30)21(12-32)14-35(25)31(38)19-4-5-22-20(13-34-24(22)9-19)10-26(36)18-3-2-17-6-7-33-23(17)8-18/h2-9,11,13,15,21,33-34,37H,10,12,14H2,1H3/t21-/m1/s1. The SMILES string of the molecule is Cc1csc2c(O)cc3c(c12)[C@H](CCl)CN3C(=O)c1ccc2c(CC(=O)c3ccc4cc[nH]c4c3)c[nH]c2c1. The molecule has 39 heavy (non-hydrogen) atoms. The Kier molecular flexibility index (Phi) is 5.54. The highest BCUT2D eigenvalue weighted by Crippen LogP contribution is 2.48. The number of phenolic OH excluding ortho intramolecular Hbond substituents is 1. The van der Waals surface area contributed by atoms with E-state index in [9.17, 15) is 14.7 Å². The number of Topliss-reactive ketones (excluding diaryl/α,β-unsaturated/α-hetero) is 1. The molecule has 0 aliphatic carbocycles. The first kappa shape index (κ1) is 24.0. The van der Waals surface area contributed by atoms with E-state index in [1.165, 1.54) is 11.3 Å². The van der Waals surface area contributed by atoms with Crippen LogP contribution in [0.15, 0.2) is 66.3 Å². The molecule has 8 heteroatoms. The lowest BCUT2D eigenvalue weighted by Gasteiger charge is -2.18. The maximum Gasteiger partial charge on any atom is 0.258 e. The summed E-state index contributed by atoms with van der Waals surface area (Å²) in [6, 6.07) is 14.9. The molecule has 0 saturated carbocycles. The lowest BCUT2D eigenvalue weighted by atomic mass is 9.97. The fourth-order valence-corrected chi connectivity index (χ4v) is 7.08. The zero-order valence-electron chi connectivity index (χ0n) is 21.0. The summed E-state index contributed by atoms with van der Waals surface area (Å²) in [6.45, 7) is 2.48. The van der Waals surface area contributed by atoms with E-state index < -0.39 is 0 Å². The number of ketones is 1. The molecule has 1 aliphatic rings. The van der Waals surface area contributed by atoms with Gasteiger partial charge in [0.05, 0.1) is 10.4 Å². The number of carbonyl (C=O) groups excluding carboxylic acids is 2. The van der Waals surface area contributed by atoms with Crippen LogP contribution in [0.4, 0.5) is 5.69 Å². The topological polar surface area (TPSA) is 89.2 Å². The summed E-state index contributed by atoms with van der Waals surface area (Å²) in [5.74, 6) is 0.431. The predicted octanol–water partition coefficient (Wildman–Crippen LogP) is 7.29. The number of amides is 1. The van der Waals surface area contributed by atoms with Gasteiger partial charge in [-0.05, 0) is 58.6 Å². The summed E-state index contributed by atoms with van der Waals surface area (Å²) in [5, 5.41) is 15.7. The lowest BCUT2D eigenvalue weighted by molar-refractivity contribution is 0.0982. The van der Waals surface area contributed by atoms with Gasteiger partial charge in [-0.25, -0.2) is 0 Å². The Balaban J connectivity index is 1.19. The second kappa shape index (κ2) is 9.00. The summed E-state index contributed by atoms with van der Waals surface area (Å²) in [6.07, 6.45) is 3.96. The molecule has 6 nitrogen and oxygen atoms in total. The largest absolute Gasteiger partial charge is 0.506 e. The number of benzene rings is 3. The molecule has 0 bridgehead atoms. The molecule has 0 spiro atoms. The highest BCUT2D eigenvalue weighted by molar-refractivity contribution is 7.17. The van der Waals surface area contributed by atoms with Crippen LogP contribution >= 0.6 is 22.9 Å². The number of hydrogen-bond acceptors (Lipinski definition) is 4. The quantitative estimate of drug-likeness (QED) is 0.155. The van der Waals surface area contributed by atoms with E-state index in [2.05, 4.69) is 9.97 Å². The van der Waals surface area contributed by atoms with Crippen molar-refractivity contribution in [3.63, 3.8) is 0 Å². The molecule has 6 aromatic rings. The van der Waals surface area contributed by atoms with Crippen LogP contribution in [-0.2, 0) is 6.42 Å². The number of H-pyrrole nitrogens is 2. The Morgan fingerprint density at radius 1 is 1.08 bits per heavy atom. The molecule has 4 heterocycles. The molecule has 3 aromatic carbocycles. The van der Waals surface area contributed by atoms with Crippen LogP contribution in [0.3, 0.4) is 0 Å². The molecule has 3 aromatic heterocycles. The van der Waals surface area contributed by atoms with Crippen molar-refractivity contribution >= 4 is 72.2 Å². The first-order chi connectivity index (χ1) is 18.9. The Hall–Kier alpha value is -4.07. The van der Waals surface area contributed by atoms with Gasteiger partial charge in [-0.1, -0.05) is 18.2 Å². The second-order valence-corrected chi connectivity index (χ2v) is 11.4. The lowest BCUT2D eigenvalue weighted by Crippen LogP contribution is -2.30. The zero-order chi connectivity index (χ0) is 26.8. The zero-order valence-corrected chi connectivity index (χ0v) is 22.6. The minimum absolute atomic E-state index is 0.0148. The van der Waals surface area contributed by atoms with Gasteiger partial charge in [0.1, 0.15) is 5.75 Å². The molecule has 1 atom stereocenters. The number of thiophene rings is 1. The fraction of sp³-hybridized carbons (Fsp3) is 0.161. The van der Waals surface area contributed by atoms with Gasteiger partial charge in [0.25, 0.3) is 5.91 Å². The minimum atomic E-state index is -0.149. The Labute approximate surface area is 232 Å². The van der Waals surface area contributed by atoms with Crippen molar-refractivity contribution in [1.82, 2.24) is 9.97 Å². The summed E-state index contributed by atoms with van der Waals surface area (Å²) in [4.78, 5) is 34.9. The molecule has 1 aliphatic heterocycles. The van der Waals surface area contributed by atoms with Gasteiger partial charge in [0.15, 0.2) is 5.78 Å². The van der Waals surface area contributed by atoms with E-state index in [4.69, 9.17) is 11.6 Å². The summed E-state index contributed by atoms with van der Waals surface area (Å²) < 4.78 is 0.832. The van der Waals surface area contributed by atoms with Gasteiger partial charge in [-0.15, -0.1) is 22.9 Å². The number of aryl methyl sites for hydroxylation is 1. The van der Waals surface area contributed by atoms with Crippen molar-refractivity contribution in [2.24, 2.45) is 0 Å². The van der Waals surface area contributed by atoms with Gasteiger partial charge in [0.2, 0.25) is 0 Å². The highest BCUT2D eigenvalue weighted by atomic mass is 35.5.